The minimum Gasteiger partial charge on any atom is -0.486 e. The zero-order valence-corrected chi connectivity index (χ0v) is 10.6. The third kappa shape index (κ3) is 3.34. The Bertz CT molecular complexity index is 738. The van der Waals surface area contributed by atoms with Crippen molar-refractivity contribution in [1.82, 2.24) is 0 Å². The molecule has 106 valence electrons. The second-order valence-electron chi connectivity index (χ2n) is 4.16. The highest BCUT2D eigenvalue weighted by Crippen LogP contribution is 2.20. The van der Waals surface area contributed by atoms with Crippen LogP contribution in [0.2, 0.25) is 0 Å². The first-order chi connectivity index (χ1) is 10.0. The SMILES string of the molecule is N#Cc1ccc(COc2ccc(C(=O)O)cc2F)c(F)c1. The van der Waals surface area contributed by atoms with E-state index in [0.29, 0.717) is 0 Å². The molecule has 0 bridgehead atoms. The monoisotopic (exact) mass is 289 g/mol. The van der Waals surface area contributed by atoms with Crippen molar-refractivity contribution >= 4 is 5.97 Å². The van der Waals surface area contributed by atoms with Crippen LogP contribution in [0, 0.1) is 23.0 Å². The highest BCUT2D eigenvalue weighted by Gasteiger charge is 2.10. The number of aromatic carboxylic acids is 1. The fourth-order valence-corrected chi connectivity index (χ4v) is 1.64. The van der Waals surface area contributed by atoms with E-state index in [9.17, 15) is 13.6 Å². The van der Waals surface area contributed by atoms with Crippen molar-refractivity contribution in [3.05, 3.63) is 64.7 Å². The minimum atomic E-state index is -1.25. The van der Waals surface area contributed by atoms with E-state index in [2.05, 4.69) is 0 Å². The molecule has 2 aromatic rings. The summed E-state index contributed by atoms with van der Waals surface area (Å²) in [5.74, 6) is -2.90. The van der Waals surface area contributed by atoms with E-state index in [-0.39, 0.29) is 29.0 Å². The van der Waals surface area contributed by atoms with Crippen LogP contribution in [0.25, 0.3) is 0 Å². The molecule has 2 aromatic carbocycles. The number of carbonyl (C=O) groups is 1. The molecule has 0 aliphatic rings. The van der Waals surface area contributed by atoms with Gasteiger partial charge in [0.25, 0.3) is 0 Å². The van der Waals surface area contributed by atoms with Crippen LogP contribution in [0.1, 0.15) is 21.5 Å². The number of benzene rings is 2. The molecule has 0 aliphatic carbocycles. The largest absolute Gasteiger partial charge is 0.486 e. The average molecular weight is 289 g/mol. The van der Waals surface area contributed by atoms with Crippen molar-refractivity contribution in [3.63, 3.8) is 0 Å². The summed E-state index contributed by atoms with van der Waals surface area (Å²) in [6, 6.07) is 8.83. The normalized spacial score (nSPS) is 9.95. The van der Waals surface area contributed by atoms with E-state index < -0.39 is 17.6 Å². The van der Waals surface area contributed by atoms with Crippen molar-refractivity contribution in [2.45, 2.75) is 6.61 Å². The van der Waals surface area contributed by atoms with Crippen molar-refractivity contribution in [2.24, 2.45) is 0 Å². The van der Waals surface area contributed by atoms with Gasteiger partial charge < -0.3 is 9.84 Å². The molecule has 0 heterocycles. The lowest BCUT2D eigenvalue weighted by atomic mass is 10.1. The quantitative estimate of drug-likeness (QED) is 0.938. The van der Waals surface area contributed by atoms with Crippen LogP contribution in [0.5, 0.6) is 5.75 Å². The van der Waals surface area contributed by atoms with Gasteiger partial charge in [-0.2, -0.15) is 5.26 Å². The fraction of sp³-hybridized carbons (Fsp3) is 0.0667. The third-order valence-electron chi connectivity index (χ3n) is 2.74. The molecule has 0 fully saturated rings. The molecule has 0 spiro atoms. The lowest BCUT2D eigenvalue weighted by Crippen LogP contribution is -2.02. The number of hydrogen-bond acceptors (Lipinski definition) is 3. The Morgan fingerprint density at radius 3 is 2.52 bits per heavy atom. The number of nitrogens with zero attached hydrogens (tertiary/aromatic N) is 1. The van der Waals surface area contributed by atoms with E-state index >= 15 is 0 Å². The molecular weight excluding hydrogens is 280 g/mol. The molecule has 0 saturated heterocycles. The Morgan fingerprint density at radius 2 is 1.95 bits per heavy atom. The van der Waals surface area contributed by atoms with Crippen molar-refractivity contribution in [1.29, 1.82) is 5.26 Å². The minimum absolute atomic E-state index is 0.163. The van der Waals surface area contributed by atoms with Crippen molar-refractivity contribution in [2.75, 3.05) is 0 Å². The van der Waals surface area contributed by atoms with Crippen LogP contribution < -0.4 is 4.74 Å². The molecule has 0 aliphatic heterocycles. The second kappa shape index (κ2) is 6.01. The lowest BCUT2D eigenvalue weighted by Gasteiger charge is -2.08. The van der Waals surface area contributed by atoms with E-state index in [0.717, 1.165) is 12.1 Å². The maximum absolute atomic E-state index is 13.6. The highest BCUT2D eigenvalue weighted by atomic mass is 19.1. The van der Waals surface area contributed by atoms with Crippen LogP contribution in [-0.4, -0.2) is 11.1 Å². The summed E-state index contributed by atoms with van der Waals surface area (Å²) in [6.45, 7) is -0.235. The molecule has 0 radical (unpaired) electrons. The van der Waals surface area contributed by atoms with Gasteiger partial charge in [-0.3, -0.25) is 0 Å². The number of hydrogen-bond donors (Lipinski definition) is 1. The number of nitriles is 1. The third-order valence-corrected chi connectivity index (χ3v) is 2.74. The predicted octanol–water partition coefficient (Wildman–Crippen LogP) is 3.11. The van der Waals surface area contributed by atoms with E-state index in [4.69, 9.17) is 15.1 Å². The first kappa shape index (κ1) is 14.5. The maximum atomic E-state index is 13.6. The number of halogens is 2. The first-order valence-electron chi connectivity index (χ1n) is 5.85. The van der Waals surface area contributed by atoms with Crippen LogP contribution in [-0.2, 0) is 6.61 Å². The standard InChI is InChI=1S/C15H9F2NO3/c16-12-5-9(7-18)1-2-11(12)8-21-14-4-3-10(15(19)20)6-13(14)17/h1-6H,8H2,(H,19,20). The molecule has 6 heteroatoms. The van der Waals surface area contributed by atoms with Gasteiger partial charge in [0.15, 0.2) is 11.6 Å². The average Bonchev–Trinajstić information content (AvgIpc) is 2.46. The molecule has 0 saturated carbocycles. The Labute approximate surface area is 118 Å². The Morgan fingerprint density at radius 1 is 1.19 bits per heavy atom. The van der Waals surface area contributed by atoms with Crippen LogP contribution in [0.3, 0.4) is 0 Å². The Balaban J connectivity index is 2.13. The van der Waals surface area contributed by atoms with Gasteiger partial charge in [0.1, 0.15) is 12.4 Å². The van der Waals surface area contributed by atoms with Gasteiger partial charge in [-0.05, 0) is 30.3 Å². The molecule has 0 amide bonds. The Hall–Kier alpha value is -2.94. The second-order valence-corrected chi connectivity index (χ2v) is 4.16. The molecular formula is C15H9F2NO3. The van der Waals surface area contributed by atoms with Gasteiger partial charge in [0, 0.05) is 5.56 Å². The van der Waals surface area contributed by atoms with Gasteiger partial charge in [-0.15, -0.1) is 0 Å². The lowest BCUT2D eigenvalue weighted by molar-refractivity contribution is 0.0696. The van der Waals surface area contributed by atoms with Crippen LogP contribution >= 0.6 is 0 Å². The predicted molar refractivity (Wildman–Crippen MR) is 68.8 cm³/mol. The number of carboxylic acids is 1. The molecule has 4 nitrogen and oxygen atoms in total. The van der Waals surface area contributed by atoms with Crippen molar-refractivity contribution in [3.8, 4) is 11.8 Å². The summed E-state index contributed by atoms with van der Waals surface area (Å²) in [7, 11) is 0. The summed E-state index contributed by atoms with van der Waals surface area (Å²) in [4.78, 5) is 10.7. The maximum Gasteiger partial charge on any atom is 0.335 e. The zero-order valence-electron chi connectivity index (χ0n) is 10.6. The Kier molecular flexibility index (Phi) is 4.14. The van der Waals surface area contributed by atoms with E-state index in [1.807, 2.05) is 0 Å². The van der Waals surface area contributed by atoms with Crippen molar-refractivity contribution < 1.29 is 23.4 Å². The van der Waals surface area contributed by atoms with E-state index in [1.165, 1.54) is 24.3 Å². The van der Waals surface area contributed by atoms with Gasteiger partial charge in [0.2, 0.25) is 0 Å². The smallest absolute Gasteiger partial charge is 0.335 e. The van der Waals surface area contributed by atoms with E-state index in [1.54, 1.807) is 6.07 Å². The molecule has 2 rings (SSSR count). The molecule has 1 N–H and O–H groups in total. The van der Waals surface area contributed by atoms with Gasteiger partial charge >= 0.3 is 5.97 Å². The summed E-state index contributed by atoms with van der Waals surface area (Å²) >= 11 is 0. The van der Waals surface area contributed by atoms with Gasteiger partial charge in [0.05, 0.1) is 17.2 Å². The van der Waals surface area contributed by atoms with Crippen LogP contribution in [0.15, 0.2) is 36.4 Å². The topological polar surface area (TPSA) is 70.3 Å². The summed E-state index contributed by atoms with van der Waals surface area (Å²) in [6.07, 6.45) is 0. The molecule has 21 heavy (non-hydrogen) atoms. The van der Waals surface area contributed by atoms with Gasteiger partial charge in [-0.1, -0.05) is 6.07 Å². The summed E-state index contributed by atoms with van der Waals surface area (Å²) < 4.78 is 32.3. The zero-order chi connectivity index (χ0) is 15.4. The highest BCUT2D eigenvalue weighted by molar-refractivity contribution is 5.87. The van der Waals surface area contributed by atoms with Crippen LogP contribution in [0.4, 0.5) is 8.78 Å². The summed E-state index contributed by atoms with van der Waals surface area (Å²) in [5, 5.41) is 17.3. The number of rotatable bonds is 4. The van der Waals surface area contributed by atoms with Gasteiger partial charge in [-0.25, -0.2) is 13.6 Å². The fourth-order valence-electron chi connectivity index (χ4n) is 1.64. The number of carboxylic acid groups (broad SMARTS) is 1. The first-order valence-corrected chi connectivity index (χ1v) is 5.85. The molecule has 0 unspecified atom stereocenters. The number of ether oxygens (including phenoxy) is 1. The summed E-state index contributed by atoms with van der Waals surface area (Å²) in [5.41, 5.74) is 0.133. The molecule has 0 atom stereocenters. The molecule has 0 aromatic heterocycles.